The number of carbonyl (C=O) groups is 1. The maximum Gasteiger partial charge on any atom is 0.225 e. The van der Waals surface area contributed by atoms with Gasteiger partial charge in [-0.3, -0.25) is 9.79 Å². The Morgan fingerprint density at radius 3 is 2.81 bits per heavy atom. The van der Waals surface area contributed by atoms with Crippen LogP contribution in [-0.4, -0.2) is 30.4 Å². The second-order valence-electron chi connectivity index (χ2n) is 6.08. The van der Waals surface area contributed by atoms with Gasteiger partial charge in [-0.05, 0) is 25.5 Å². The minimum atomic E-state index is 0. The number of thiazole rings is 1. The Labute approximate surface area is 174 Å². The third-order valence-electron chi connectivity index (χ3n) is 4.26. The predicted molar refractivity (Wildman–Crippen MR) is 118 cm³/mol. The first-order valence-electron chi connectivity index (χ1n) is 8.33. The van der Waals surface area contributed by atoms with Crippen LogP contribution in [0, 0.1) is 13.8 Å². The summed E-state index contributed by atoms with van der Waals surface area (Å²) >= 11 is 1.69. The molecule has 26 heavy (non-hydrogen) atoms. The molecule has 140 valence electrons. The maximum absolute atomic E-state index is 11.9. The quantitative estimate of drug-likeness (QED) is 0.353. The molecule has 1 amide bonds. The number of benzene rings is 1. The van der Waals surface area contributed by atoms with Crippen molar-refractivity contribution in [3.05, 3.63) is 45.4 Å². The van der Waals surface area contributed by atoms with E-state index in [2.05, 4.69) is 32.0 Å². The maximum atomic E-state index is 11.9. The summed E-state index contributed by atoms with van der Waals surface area (Å²) in [7, 11) is 1.75. The predicted octanol–water partition coefficient (Wildman–Crippen LogP) is 3.17. The average molecular weight is 485 g/mol. The van der Waals surface area contributed by atoms with Gasteiger partial charge in [0.25, 0.3) is 0 Å². The van der Waals surface area contributed by atoms with Crippen LogP contribution in [-0.2, 0) is 11.3 Å². The molecule has 1 aliphatic heterocycles. The lowest BCUT2D eigenvalue weighted by atomic mass is 9.90. The number of carbonyl (C=O) groups excluding carboxylic acids is 1. The number of hydrogen-bond acceptors (Lipinski definition) is 4. The lowest BCUT2D eigenvalue weighted by Crippen LogP contribution is -2.40. The first-order chi connectivity index (χ1) is 12.1. The highest BCUT2D eigenvalue weighted by atomic mass is 127. The number of guanidine groups is 1. The summed E-state index contributed by atoms with van der Waals surface area (Å²) < 4.78 is 0. The van der Waals surface area contributed by atoms with E-state index >= 15 is 0 Å². The molecule has 8 heteroatoms. The molecule has 2 aromatic rings. The van der Waals surface area contributed by atoms with Crippen LogP contribution in [0.2, 0.25) is 0 Å². The SMILES string of the molecule is CN=C(NCc1sc(C)nc1C)NCC1CC(=O)Nc2ccccc21.I. The van der Waals surface area contributed by atoms with Crippen molar-refractivity contribution in [2.45, 2.75) is 32.7 Å². The van der Waals surface area contributed by atoms with E-state index in [1.807, 2.05) is 32.0 Å². The third kappa shape index (κ3) is 4.94. The molecule has 0 spiro atoms. The van der Waals surface area contributed by atoms with Gasteiger partial charge in [-0.25, -0.2) is 4.98 Å². The number of nitrogens with one attached hydrogen (secondary N) is 3. The van der Waals surface area contributed by atoms with Crippen LogP contribution in [0.4, 0.5) is 5.69 Å². The number of aromatic nitrogens is 1. The van der Waals surface area contributed by atoms with Crippen LogP contribution in [0.1, 0.15) is 33.5 Å². The Hall–Kier alpha value is -1.68. The van der Waals surface area contributed by atoms with Gasteiger partial charge in [0, 0.05) is 36.5 Å². The van der Waals surface area contributed by atoms with Crippen molar-refractivity contribution in [3.63, 3.8) is 0 Å². The van der Waals surface area contributed by atoms with E-state index in [1.165, 1.54) is 10.4 Å². The van der Waals surface area contributed by atoms with E-state index in [4.69, 9.17) is 0 Å². The van der Waals surface area contributed by atoms with Gasteiger partial charge < -0.3 is 16.0 Å². The summed E-state index contributed by atoms with van der Waals surface area (Å²) in [5, 5.41) is 10.7. The largest absolute Gasteiger partial charge is 0.356 e. The van der Waals surface area contributed by atoms with E-state index < -0.39 is 0 Å². The molecule has 3 rings (SSSR count). The molecule has 1 aromatic carbocycles. The minimum Gasteiger partial charge on any atom is -0.356 e. The zero-order valence-electron chi connectivity index (χ0n) is 15.1. The van der Waals surface area contributed by atoms with Gasteiger partial charge in [-0.2, -0.15) is 0 Å². The molecule has 3 N–H and O–H groups in total. The van der Waals surface area contributed by atoms with Gasteiger partial charge in [-0.1, -0.05) is 18.2 Å². The molecule has 1 atom stereocenters. The van der Waals surface area contributed by atoms with Crippen LogP contribution in [0.15, 0.2) is 29.3 Å². The molecule has 2 heterocycles. The van der Waals surface area contributed by atoms with E-state index in [0.717, 1.165) is 22.3 Å². The van der Waals surface area contributed by atoms with Gasteiger partial charge in [0.2, 0.25) is 5.91 Å². The van der Waals surface area contributed by atoms with E-state index in [0.29, 0.717) is 19.5 Å². The van der Waals surface area contributed by atoms with Gasteiger partial charge in [-0.15, -0.1) is 35.3 Å². The standard InChI is InChI=1S/C18H23N5OS.HI/c1-11-16(25-12(2)22-11)10-21-18(19-3)20-9-13-8-17(24)23-15-7-5-4-6-14(13)15;/h4-7,13H,8-10H2,1-3H3,(H,23,24)(H2,19,20,21);1H. The van der Waals surface area contributed by atoms with E-state index in [-0.39, 0.29) is 35.8 Å². The number of anilines is 1. The van der Waals surface area contributed by atoms with Gasteiger partial charge in [0.15, 0.2) is 5.96 Å². The number of para-hydroxylation sites is 1. The molecule has 1 aliphatic rings. The molecule has 0 aliphatic carbocycles. The number of aryl methyl sites for hydroxylation is 2. The second-order valence-corrected chi connectivity index (χ2v) is 7.37. The number of halogens is 1. The number of aliphatic imine (C=N–C) groups is 1. The van der Waals surface area contributed by atoms with Crippen molar-refractivity contribution in [3.8, 4) is 0 Å². The molecule has 1 unspecified atom stereocenters. The Kier molecular flexibility index (Phi) is 7.39. The summed E-state index contributed by atoms with van der Waals surface area (Å²) in [6, 6.07) is 7.96. The molecule has 0 fully saturated rings. The van der Waals surface area contributed by atoms with Crippen LogP contribution in [0.5, 0.6) is 0 Å². The first kappa shape index (κ1) is 20.6. The number of fused-ring (bicyclic) bond motifs is 1. The summed E-state index contributed by atoms with van der Waals surface area (Å²) in [6.07, 6.45) is 0.480. The molecule has 0 saturated heterocycles. The monoisotopic (exact) mass is 485 g/mol. The summed E-state index contributed by atoms with van der Waals surface area (Å²) in [4.78, 5) is 21.8. The fraction of sp³-hybridized carbons (Fsp3) is 0.389. The van der Waals surface area contributed by atoms with Crippen molar-refractivity contribution < 1.29 is 4.79 Å². The van der Waals surface area contributed by atoms with Crippen molar-refractivity contribution in [2.24, 2.45) is 4.99 Å². The van der Waals surface area contributed by atoms with Crippen LogP contribution < -0.4 is 16.0 Å². The normalized spacial score (nSPS) is 16.3. The minimum absolute atomic E-state index is 0. The number of hydrogen-bond donors (Lipinski definition) is 3. The van der Waals surface area contributed by atoms with Gasteiger partial charge in [0.05, 0.1) is 17.2 Å². The van der Waals surface area contributed by atoms with E-state index in [9.17, 15) is 4.79 Å². The van der Waals surface area contributed by atoms with Crippen molar-refractivity contribution >= 4 is 52.9 Å². The summed E-state index contributed by atoms with van der Waals surface area (Å²) in [6.45, 7) is 5.39. The zero-order chi connectivity index (χ0) is 17.8. The Bertz CT molecular complexity index is 805. The molecular weight excluding hydrogens is 461 g/mol. The van der Waals surface area contributed by atoms with Gasteiger partial charge >= 0.3 is 0 Å². The smallest absolute Gasteiger partial charge is 0.225 e. The Morgan fingerprint density at radius 1 is 1.35 bits per heavy atom. The highest BCUT2D eigenvalue weighted by Crippen LogP contribution is 2.31. The molecule has 1 aromatic heterocycles. The topological polar surface area (TPSA) is 78.4 Å². The van der Waals surface area contributed by atoms with E-state index in [1.54, 1.807) is 18.4 Å². The number of nitrogens with zero attached hydrogens (tertiary/aromatic N) is 2. The van der Waals surface area contributed by atoms with Crippen LogP contribution in [0.3, 0.4) is 0 Å². The molecular formula is C18H24IN5OS. The first-order valence-corrected chi connectivity index (χ1v) is 9.14. The highest BCUT2D eigenvalue weighted by molar-refractivity contribution is 14.0. The highest BCUT2D eigenvalue weighted by Gasteiger charge is 2.24. The van der Waals surface area contributed by atoms with Gasteiger partial charge in [0.1, 0.15) is 0 Å². The third-order valence-corrected chi connectivity index (χ3v) is 5.33. The Balaban J connectivity index is 0.00000243. The lowest BCUT2D eigenvalue weighted by Gasteiger charge is -2.26. The number of rotatable bonds is 4. The van der Waals surface area contributed by atoms with Crippen molar-refractivity contribution in [1.82, 2.24) is 15.6 Å². The second kappa shape index (κ2) is 9.31. The molecule has 0 saturated carbocycles. The molecule has 0 radical (unpaired) electrons. The lowest BCUT2D eigenvalue weighted by molar-refractivity contribution is -0.116. The fourth-order valence-corrected chi connectivity index (χ4v) is 3.90. The Morgan fingerprint density at radius 2 is 2.12 bits per heavy atom. The number of amides is 1. The van der Waals surface area contributed by atoms with Crippen LogP contribution >= 0.6 is 35.3 Å². The van der Waals surface area contributed by atoms with Crippen molar-refractivity contribution in [2.75, 3.05) is 18.9 Å². The fourth-order valence-electron chi connectivity index (χ4n) is 3.03. The van der Waals surface area contributed by atoms with Crippen LogP contribution in [0.25, 0.3) is 0 Å². The molecule has 6 nitrogen and oxygen atoms in total. The summed E-state index contributed by atoms with van der Waals surface area (Å²) in [5.41, 5.74) is 3.13. The molecule has 0 bridgehead atoms. The summed E-state index contributed by atoms with van der Waals surface area (Å²) in [5.74, 6) is 0.925. The zero-order valence-corrected chi connectivity index (χ0v) is 18.3. The van der Waals surface area contributed by atoms with Crippen molar-refractivity contribution in [1.29, 1.82) is 0 Å². The average Bonchev–Trinajstić information content (AvgIpc) is 2.92.